The van der Waals surface area contributed by atoms with Crippen LogP contribution in [-0.4, -0.2) is 57.8 Å². The molecule has 6 heteroatoms. The van der Waals surface area contributed by atoms with Crippen LogP contribution in [0.3, 0.4) is 0 Å². The average Bonchev–Trinajstić information content (AvgIpc) is 2.86. The Morgan fingerprint density at radius 3 is 2.29 bits per heavy atom. The number of hydrogen-bond acceptors (Lipinski definition) is 4. The summed E-state index contributed by atoms with van der Waals surface area (Å²) in [6.45, 7) is 5.63. The van der Waals surface area contributed by atoms with E-state index in [9.17, 15) is 8.42 Å². The quantitative estimate of drug-likeness (QED) is 0.600. The first-order valence-corrected chi connectivity index (χ1v) is 9.81. The Morgan fingerprint density at radius 1 is 1.14 bits per heavy atom. The number of likely N-dealkylation sites (N-methyl/N-ethyl adjacent to an activating group) is 1. The van der Waals surface area contributed by atoms with Crippen LogP contribution in [0.25, 0.3) is 0 Å². The normalized spacial score (nSPS) is 18.8. The van der Waals surface area contributed by atoms with Crippen LogP contribution < -0.4 is 10.0 Å². The van der Waals surface area contributed by atoms with Crippen molar-refractivity contribution in [2.75, 3.05) is 32.9 Å². The van der Waals surface area contributed by atoms with Gasteiger partial charge in [-0.2, -0.15) is 0 Å². The third-order valence-corrected chi connectivity index (χ3v) is 5.91. The molecule has 1 fully saturated rings. The topological polar surface area (TPSA) is 61.4 Å². The van der Waals surface area contributed by atoms with Crippen molar-refractivity contribution in [3.8, 4) is 0 Å². The second-order valence-electron chi connectivity index (χ2n) is 6.78. The fraction of sp³-hybridized carbons (Fsp3) is 1.00. The highest BCUT2D eigenvalue weighted by Crippen LogP contribution is 2.33. The lowest BCUT2D eigenvalue weighted by atomic mass is 9.97. The van der Waals surface area contributed by atoms with Gasteiger partial charge in [-0.25, -0.2) is 13.1 Å². The predicted molar refractivity (Wildman–Crippen MR) is 89.0 cm³/mol. The first kappa shape index (κ1) is 18.9. The molecule has 0 radical (unpaired) electrons. The van der Waals surface area contributed by atoms with Crippen LogP contribution in [0.5, 0.6) is 0 Å². The van der Waals surface area contributed by atoms with Crippen molar-refractivity contribution in [2.45, 2.75) is 64.0 Å². The smallest absolute Gasteiger partial charge is 0.211 e. The van der Waals surface area contributed by atoms with Gasteiger partial charge in [-0.3, -0.25) is 0 Å². The van der Waals surface area contributed by atoms with Crippen LogP contribution in [0.2, 0.25) is 0 Å². The molecular weight excluding hydrogens is 286 g/mol. The van der Waals surface area contributed by atoms with Gasteiger partial charge in [0, 0.05) is 18.1 Å². The van der Waals surface area contributed by atoms with Gasteiger partial charge in [0.2, 0.25) is 10.0 Å². The molecule has 126 valence electrons. The summed E-state index contributed by atoms with van der Waals surface area (Å²) in [5.74, 6) is 0.232. The highest BCUT2D eigenvalue weighted by molar-refractivity contribution is 7.89. The fourth-order valence-electron chi connectivity index (χ4n) is 2.94. The number of sulfonamides is 1. The Hall–Kier alpha value is -0.170. The van der Waals surface area contributed by atoms with Crippen LogP contribution in [0.1, 0.15) is 52.4 Å². The lowest BCUT2D eigenvalue weighted by molar-refractivity contribution is 0.162. The van der Waals surface area contributed by atoms with E-state index in [-0.39, 0.29) is 11.3 Å². The molecule has 0 unspecified atom stereocenters. The van der Waals surface area contributed by atoms with Crippen LogP contribution in [0.15, 0.2) is 0 Å². The number of unbranched alkanes of at least 4 members (excludes halogenated alkanes) is 1. The maximum atomic E-state index is 12.1. The lowest BCUT2D eigenvalue weighted by Crippen LogP contribution is -2.51. The van der Waals surface area contributed by atoms with Gasteiger partial charge in [0.15, 0.2) is 0 Å². The van der Waals surface area contributed by atoms with Gasteiger partial charge in [-0.1, -0.05) is 26.7 Å². The van der Waals surface area contributed by atoms with Gasteiger partial charge in [0.25, 0.3) is 0 Å². The van der Waals surface area contributed by atoms with Crippen molar-refractivity contribution in [2.24, 2.45) is 0 Å². The average molecular weight is 320 g/mol. The zero-order valence-electron chi connectivity index (χ0n) is 14.1. The Bertz CT molecular complexity index is 388. The van der Waals surface area contributed by atoms with E-state index in [2.05, 4.69) is 42.9 Å². The first-order chi connectivity index (χ1) is 9.77. The minimum atomic E-state index is -3.15. The Labute approximate surface area is 130 Å². The molecular formula is C15H33N3O2S. The van der Waals surface area contributed by atoms with Gasteiger partial charge >= 0.3 is 0 Å². The van der Waals surface area contributed by atoms with Crippen molar-refractivity contribution in [3.05, 3.63) is 0 Å². The molecule has 1 saturated carbocycles. The highest BCUT2D eigenvalue weighted by Gasteiger charge is 2.36. The van der Waals surface area contributed by atoms with Gasteiger partial charge in [-0.05, 0) is 46.3 Å². The Morgan fingerprint density at radius 2 is 1.76 bits per heavy atom. The van der Waals surface area contributed by atoms with Gasteiger partial charge in [0.05, 0.1) is 5.75 Å². The van der Waals surface area contributed by atoms with Crippen molar-refractivity contribution >= 4 is 10.0 Å². The second-order valence-corrected chi connectivity index (χ2v) is 8.71. The Kier molecular flexibility index (Phi) is 7.60. The number of nitrogens with zero attached hydrogens (tertiary/aromatic N) is 1. The minimum absolute atomic E-state index is 0.0201. The van der Waals surface area contributed by atoms with Crippen LogP contribution in [-0.2, 0) is 10.0 Å². The van der Waals surface area contributed by atoms with E-state index in [1.54, 1.807) is 0 Å². The zero-order chi connectivity index (χ0) is 15.9. The van der Waals surface area contributed by atoms with Crippen molar-refractivity contribution in [1.82, 2.24) is 14.9 Å². The second kappa shape index (κ2) is 8.46. The largest absolute Gasteiger partial charge is 0.315 e. The molecule has 1 rings (SSSR count). The molecule has 0 atom stereocenters. The Balaban J connectivity index is 2.32. The highest BCUT2D eigenvalue weighted by atomic mass is 32.2. The minimum Gasteiger partial charge on any atom is -0.315 e. The lowest BCUT2D eigenvalue weighted by Gasteiger charge is -2.36. The van der Waals surface area contributed by atoms with E-state index in [0.717, 1.165) is 25.8 Å². The maximum Gasteiger partial charge on any atom is 0.211 e. The van der Waals surface area contributed by atoms with Crippen molar-refractivity contribution in [3.63, 3.8) is 0 Å². The maximum absolute atomic E-state index is 12.1. The first-order valence-electron chi connectivity index (χ1n) is 8.16. The van der Waals surface area contributed by atoms with E-state index >= 15 is 0 Å². The summed E-state index contributed by atoms with van der Waals surface area (Å²) in [5.41, 5.74) is 0.0201. The van der Waals surface area contributed by atoms with Gasteiger partial charge < -0.3 is 10.2 Å². The number of hydrogen-bond donors (Lipinski definition) is 2. The molecule has 0 aromatic heterocycles. The SMILES string of the molecule is CC(C)NCCCCS(=O)(=O)NCC1(N(C)C)CCCC1. The van der Waals surface area contributed by atoms with E-state index < -0.39 is 10.0 Å². The summed E-state index contributed by atoms with van der Waals surface area (Å²) < 4.78 is 27.0. The molecule has 0 aliphatic heterocycles. The predicted octanol–water partition coefficient (Wildman–Crippen LogP) is 1.56. The fourth-order valence-corrected chi connectivity index (χ4v) is 4.16. The van der Waals surface area contributed by atoms with Crippen LogP contribution in [0, 0.1) is 0 Å². The van der Waals surface area contributed by atoms with Gasteiger partial charge in [-0.15, -0.1) is 0 Å². The van der Waals surface area contributed by atoms with Crippen LogP contribution >= 0.6 is 0 Å². The summed E-state index contributed by atoms with van der Waals surface area (Å²) in [4.78, 5) is 2.19. The third kappa shape index (κ3) is 6.63. The summed E-state index contributed by atoms with van der Waals surface area (Å²) in [6.07, 6.45) is 6.17. The van der Waals surface area contributed by atoms with Crippen molar-refractivity contribution in [1.29, 1.82) is 0 Å². The monoisotopic (exact) mass is 319 g/mol. The summed E-state index contributed by atoms with van der Waals surface area (Å²) in [6, 6.07) is 0.460. The molecule has 21 heavy (non-hydrogen) atoms. The van der Waals surface area contributed by atoms with E-state index in [4.69, 9.17) is 0 Å². The molecule has 0 amide bonds. The molecule has 0 aromatic carbocycles. The standard InChI is InChI=1S/C15H33N3O2S/c1-14(2)16-11-7-8-12-21(19,20)17-13-15(18(3)4)9-5-6-10-15/h14,16-17H,5-13H2,1-4H3. The molecule has 1 aliphatic carbocycles. The molecule has 0 saturated heterocycles. The zero-order valence-corrected chi connectivity index (χ0v) is 14.9. The molecule has 0 bridgehead atoms. The molecule has 2 N–H and O–H groups in total. The number of rotatable bonds is 10. The van der Waals surface area contributed by atoms with E-state index in [1.165, 1.54) is 12.8 Å². The molecule has 0 aromatic rings. The van der Waals surface area contributed by atoms with Crippen LogP contribution in [0.4, 0.5) is 0 Å². The molecule has 0 spiro atoms. The molecule has 0 heterocycles. The molecule has 1 aliphatic rings. The summed E-state index contributed by atoms with van der Waals surface area (Å²) in [7, 11) is 0.960. The van der Waals surface area contributed by atoms with Gasteiger partial charge in [0.1, 0.15) is 0 Å². The van der Waals surface area contributed by atoms with Crippen molar-refractivity contribution < 1.29 is 8.42 Å². The summed E-state index contributed by atoms with van der Waals surface area (Å²) in [5, 5.41) is 3.31. The molecule has 5 nitrogen and oxygen atoms in total. The van der Waals surface area contributed by atoms with E-state index in [0.29, 0.717) is 19.0 Å². The third-order valence-electron chi connectivity index (χ3n) is 4.50. The summed E-state index contributed by atoms with van der Waals surface area (Å²) >= 11 is 0. The van der Waals surface area contributed by atoms with E-state index in [1.807, 2.05) is 0 Å². The number of nitrogens with one attached hydrogen (secondary N) is 2.